The lowest BCUT2D eigenvalue weighted by Gasteiger charge is -2.04. The van der Waals surface area contributed by atoms with Gasteiger partial charge in [0, 0.05) is 10.9 Å². The van der Waals surface area contributed by atoms with E-state index in [4.69, 9.17) is 9.47 Å². The molecule has 12 heteroatoms. The van der Waals surface area contributed by atoms with Gasteiger partial charge in [-0.1, -0.05) is 41.7 Å². The second-order valence-corrected chi connectivity index (χ2v) is 10.2. The van der Waals surface area contributed by atoms with Crippen molar-refractivity contribution in [3.8, 4) is 17.0 Å². The third kappa shape index (κ3) is 6.39. The van der Waals surface area contributed by atoms with Crippen LogP contribution in [0, 0.1) is 0 Å². The molecule has 0 saturated carbocycles. The van der Waals surface area contributed by atoms with Crippen molar-refractivity contribution in [1.29, 1.82) is 0 Å². The van der Waals surface area contributed by atoms with Crippen LogP contribution in [-0.4, -0.2) is 53.1 Å². The van der Waals surface area contributed by atoms with E-state index in [-0.39, 0.29) is 24.0 Å². The van der Waals surface area contributed by atoms with Gasteiger partial charge in [0.15, 0.2) is 9.93 Å². The molecule has 0 aliphatic carbocycles. The van der Waals surface area contributed by atoms with Crippen LogP contribution in [0.5, 0.6) is 5.75 Å². The van der Waals surface area contributed by atoms with Crippen molar-refractivity contribution in [3.05, 3.63) is 58.7 Å². The highest BCUT2D eigenvalue weighted by Gasteiger charge is 2.14. The lowest BCUT2D eigenvalue weighted by molar-refractivity contribution is -0.141. The number of nitrogens with one attached hydrogen (secondary N) is 1. The van der Waals surface area contributed by atoms with E-state index in [1.54, 1.807) is 23.8 Å². The Morgan fingerprint density at radius 2 is 1.92 bits per heavy atom. The zero-order chi connectivity index (χ0) is 25.5. The number of aromatic nitrogens is 2. The van der Waals surface area contributed by atoms with E-state index in [0.717, 1.165) is 33.2 Å². The maximum atomic E-state index is 12.5. The summed E-state index contributed by atoms with van der Waals surface area (Å²) in [5, 5.41) is 5.14. The van der Waals surface area contributed by atoms with E-state index in [1.807, 2.05) is 41.8 Å². The van der Waals surface area contributed by atoms with E-state index in [2.05, 4.69) is 15.3 Å². The van der Waals surface area contributed by atoms with Crippen LogP contribution in [0.4, 0.5) is 5.13 Å². The minimum absolute atomic E-state index is 0.0103. The average molecular weight is 543 g/mol. The third-order valence-electron chi connectivity index (χ3n) is 4.90. The Balaban J connectivity index is 1.38. The number of carbonyl (C=O) groups excluding carboxylic acids is 3. The van der Waals surface area contributed by atoms with Crippen LogP contribution < -0.4 is 14.9 Å². The first-order valence-electron chi connectivity index (χ1n) is 10.7. The number of amides is 2. The second-order valence-electron chi connectivity index (χ2n) is 7.33. The summed E-state index contributed by atoms with van der Waals surface area (Å²) < 4.78 is 12.5. The van der Waals surface area contributed by atoms with Crippen molar-refractivity contribution in [2.45, 2.75) is 6.54 Å². The minimum atomic E-state index is -0.455. The number of carbonyl (C=O) groups is 3. The van der Waals surface area contributed by atoms with Crippen molar-refractivity contribution < 1.29 is 23.9 Å². The molecular formula is C24H22N4O5S3. The number of nitrogens with zero attached hydrogens (tertiary/aromatic N) is 3. The number of thioether (sulfide) groups is 1. The number of thiazole rings is 2. The Morgan fingerprint density at radius 1 is 1.11 bits per heavy atom. The highest BCUT2D eigenvalue weighted by molar-refractivity contribution is 8.00. The van der Waals surface area contributed by atoms with Gasteiger partial charge in [0.25, 0.3) is 5.91 Å². The number of methoxy groups -OCH3 is 2. The lowest BCUT2D eigenvalue weighted by Crippen LogP contribution is -2.23. The van der Waals surface area contributed by atoms with Crippen LogP contribution in [0.25, 0.3) is 21.5 Å². The number of fused-ring (bicyclic) bond motifs is 1. The molecule has 0 spiro atoms. The van der Waals surface area contributed by atoms with Gasteiger partial charge in [-0.05, 0) is 18.2 Å². The van der Waals surface area contributed by atoms with Gasteiger partial charge in [-0.3, -0.25) is 14.4 Å². The van der Waals surface area contributed by atoms with E-state index >= 15 is 0 Å². The number of hydrogen-bond acceptors (Lipinski definition) is 9. The number of anilines is 1. The van der Waals surface area contributed by atoms with Gasteiger partial charge in [-0.15, -0.1) is 23.1 Å². The van der Waals surface area contributed by atoms with Crippen molar-refractivity contribution in [3.63, 3.8) is 0 Å². The Kier molecular flexibility index (Phi) is 8.52. The molecular weight excluding hydrogens is 520 g/mol. The molecule has 0 aliphatic heterocycles. The molecule has 186 valence electrons. The second kappa shape index (κ2) is 12.0. The van der Waals surface area contributed by atoms with Crippen LogP contribution in [-0.2, 0) is 25.7 Å². The molecule has 0 saturated heterocycles. The first kappa shape index (κ1) is 25.6. The zero-order valence-electron chi connectivity index (χ0n) is 19.4. The molecule has 9 nitrogen and oxygen atoms in total. The van der Waals surface area contributed by atoms with Gasteiger partial charge in [-0.25, -0.2) is 4.98 Å². The molecule has 4 aromatic rings. The van der Waals surface area contributed by atoms with Crippen LogP contribution in [0.15, 0.2) is 58.9 Å². The fourth-order valence-electron chi connectivity index (χ4n) is 3.21. The molecule has 0 radical (unpaired) electrons. The smallest absolute Gasteiger partial charge is 0.325 e. The van der Waals surface area contributed by atoms with E-state index in [0.29, 0.717) is 15.7 Å². The highest BCUT2D eigenvalue weighted by atomic mass is 32.2. The summed E-state index contributed by atoms with van der Waals surface area (Å²) in [5.41, 5.74) is 2.50. The Morgan fingerprint density at radius 3 is 2.67 bits per heavy atom. The number of benzene rings is 2. The Bertz CT molecular complexity index is 1460. The predicted molar refractivity (Wildman–Crippen MR) is 142 cm³/mol. The molecule has 2 amide bonds. The van der Waals surface area contributed by atoms with Crippen LogP contribution >= 0.6 is 34.4 Å². The van der Waals surface area contributed by atoms with Gasteiger partial charge < -0.3 is 19.4 Å². The molecule has 0 atom stereocenters. The summed E-state index contributed by atoms with van der Waals surface area (Å²) in [4.78, 5) is 45.8. The quantitative estimate of drug-likeness (QED) is 0.320. The van der Waals surface area contributed by atoms with Crippen molar-refractivity contribution in [2.24, 2.45) is 4.99 Å². The molecule has 0 unspecified atom stereocenters. The SMILES string of the molecule is COC(=O)Cn1c(=NC(=O)CSCC(=O)Nc2nc(-c3ccccc3)cs2)sc2cc(OC)ccc21. The van der Waals surface area contributed by atoms with E-state index < -0.39 is 11.9 Å². The largest absolute Gasteiger partial charge is 0.497 e. The molecule has 2 aromatic carbocycles. The number of hydrogen-bond donors (Lipinski definition) is 1. The van der Waals surface area contributed by atoms with E-state index in [9.17, 15) is 14.4 Å². The fourth-order valence-corrected chi connectivity index (χ4v) is 5.62. The van der Waals surface area contributed by atoms with Gasteiger partial charge >= 0.3 is 5.97 Å². The maximum absolute atomic E-state index is 12.5. The summed E-state index contributed by atoms with van der Waals surface area (Å²) in [5.74, 6) is -0.376. The summed E-state index contributed by atoms with van der Waals surface area (Å²) in [6, 6.07) is 15.1. The van der Waals surface area contributed by atoms with E-state index in [1.165, 1.54) is 29.8 Å². The number of ether oxygens (including phenoxy) is 2. The molecule has 0 fully saturated rings. The van der Waals surface area contributed by atoms with Gasteiger partial charge in [-0.2, -0.15) is 4.99 Å². The molecule has 0 bridgehead atoms. The van der Waals surface area contributed by atoms with Crippen LogP contribution in [0.3, 0.4) is 0 Å². The summed E-state index contributed by atoms with van der Waals surface area (Å²) >= 11 is 3.76. The topological polar surface area (TPSA) is 112 Å². The first-order valence-corrected chi connectivity index (χ1v) is 13.5. The Hall–Kier alpha value is -3.48. The molecule has 2 aromatic heterocycles. The number of esters is 1. The molecule has 36 heavy (non-hydrogen) atoms. The van der Waals surface area contributed by atoms with Gasteiger partial charge in [0.1, 0.15) is 12.3 Å². The summed E-state index contributed by atoms with van der Waals surface area (Å²) in [6.45, 7) is -0.0801. The molecule has 2 heterocycles. The van der Waals surface area contributed by atoms with Crippen molar-refractivity contribution in [2.75, 3.05) is 31.0 Å². The normalized spacial score (nSPS) is 11.4. The summed E-state index contributed by atoms with van der Waals surface area (Å²) in [6.07, 6.45) is 0. The first-order chi connectivity index (χ1) is 17.5. The Labute approximate surface area is 218 Å². The fraction of sp³-hybridized carbons (Fsp3) is 0.208. The van der Waals surface area contributed by atoms with Crippen LogP contribution in [0.1, 0.15) is 0 Å². The van der Waals surface area contributed by atoms with Crippen molar-refractivity contribution >= 4 is 67.6 Å². The number of rotatable bonds is 9. The predicted octanol–water partition coefficient (Wildman–Crippen LogP) is 3.81. The summed E-state index contributed by atoms with van der Waals surface area (Å²) in [7, 11) is 2.87. The highest BCUT2D eigenvalue weighted by Crippen LogP contribution is 2.25. The standard InChI is InChI=1S/C24H22N4O5S3/c1-32-16-8-9-18-19(10-16)36-24(28(18)11-22(31)33-2)27-21(30)14-34-13-20(29)26-23-25-17(12-35-23)15-6-4-3-5-7-15/h3-10,12H,11,13-14H2,1-2H3,(H,25,26,29). The minimum Gasteiger partial charge on any atom is -0.497 e. The van der Waals surface area contributed by atoms with Crippen molar-refractivity contribution in [1.82, 2.24) is 9.55 Å². The zero-order valence-corrected chi connectivity index (χ0v) is 21.9. The van der Waals surface area contributed by atoms with Gasteiger partial charge in [0.2, 0.25) is 5.91 Å². The molecule has 0 aliphatic rings. The van der Waals surface area contributed by atoms with Crippen LogP contribution in [0.2, 0.25) is 0 Å². The third-order valence-corrected chi connectivity index (χ3v) is 7.62. The average Bonchev–Trinajstić information content (AvgIpc) is 3.48. The van der Waals surface area contributed by atoms with Gasteiger partial charge in [0.05, 0.1) is 41.6 Å². The molecule has 1 N–H and O–H groups in total. The maximum Gasteiger partial charge on any atom is 0.325 e. The monoisotopic (exact) mass is 542 g/mol. The lowest BCUT2D eigenvalue weighted by atomic mass is 10.2. The molecule has 4 rings (SSSR count).